The van der Waals surface area contributed by atoms with E-state index in [1.165, 1.54) is 0 Å². The number of hydrogen-bond acceptors (Lipinski definition) is 3. The Kier molecular flexibility index (Phi) is 4.91. The minimum atomic E-state index is -1.34. The van der Waals surface area contributed by atoms with Crippen LogP contribution in [0.4, 0.5) is 0 Å². The standard InChI is InChI=1S/C18H22O3S/c1-11(2)15-9-13(5-7-17(15)19)22(21)14-6-8-18(20)16(10-14)12(3)4/h5-12,19-20H,1-4H3. The number of aromatic hydroxyl groups is 2. The molecule has 22 heavy (non-hydrogen) atoms. The summed E-state index contributed by atoms with van der Waals surface area (Å²) >= 11 is 0. The second-order valence-corrected chi connectivity index (χ2v) is 7.50. The van der Waals surface area contributed by atoms with Crippen molar-refractivity contribution in [1.82, 2.24) is 0 Å². The van der Waals surface area contributed by atoms with Crippen LogP contribution >= 0.6 is 0 Å². The zero-order valence-corrected chi connectivity index (χ0v) is 14.1. The Morgan fingerprint density at radius 2 is 1.14 bits per heavy atom. The Labute approximate surface area is 134 Å². The van der Waals surface area contributed by atoms with Crippen LogP contribution in [0.3, 0.4) is 0 Å². The second kappa shape index (κ2) is 6.53. The molecule has 0 spiro atoms. The molecular formula is C18H22O3S. The molecule has 0 fully saturated rings. The molecule has 0 radical (unpaired) electrons. The highest BCUT2D eigenvalue weighted by molar-refractivity contribution is 7.85. The van der Waals surface area contributed by atoms with Gasteiger partial charge in [-0.25, -0.2) is 4.21 Å². The van der Waals surface area contributed by atoms with E-state index in [1.807, 2.05) is 27.7 Å². The molecule has 0 saturated carbocycles. The number of benzene rings is 2. The van der Waals surface area contributed by atoms with Gasteiger partial charge in [0.2, 0.25) is 0 Å². The maximum absolute atomic E-state index is 12.8. The Bertz CT molecular complexity index is 646. The van der Waals surface area contributed by atoms with E-state index >= 15 is 0 Å². The summed E-state index contributed by atoms with van der Waals surface area (Å²) in [6.45, 7) is 7.94. The average molecular weight is 318 g/mol. The van der Waals surface area contributed by atoms with Gasteiger partial charge in [0.25, 0.3) is 0 Å². The molecule has 0 aliphatic rings. The van der Waals surface area contributed by atoms with Gasteiger partial charge in [0.05, 0.1) is 10.8 Å². The van der Waals surface area contributed by atoms with Crippen LogP contribution in [0.15, 0.2) is 46.2 Å². The lowest BCUT2D eigenvalue weighted by atomic mass is 10.0. The lowest BCUT2D eigenvalue weighted by Gasteiger charge is -2.13. The predicted octanol–water partition coefficient (Wildman–Crippen LogP) is 4.51. The molecule has 2 aromatic rings. The quantitative estimate of drug-likeness (QED) is 0.872. The van der Waals surface area contributed by atoms with Gasteiger partial charge in [-0.2, -0.15) is 0 Å². The molecule has 0 aliphatic heterocycles. The third kappa shape index (κ3) is 3.33. The van der Waals surface area contributed by atoms with E-state index in [0.717, 1.165) is 11.1 Å². The summed E-state index contributed by atoms with van der Waals surface area (Å²) in [4.78, 5) is 1.31. The van der Waals surface area contributed by atoms with Crippen LogP contribution in [0.2, 0.25) is 0 Å². The third-order valence-corrected chi connectivity index (χ3v) is 5.03. The van der Waals surface area contributed by atoms with Crippen molar-refractivity contribution in [2.24, 2.45) is 0 Å². The Morgan fingerprint density at radius 1 is 0.773 bits per heavy atom. The Hall–Kier alpha value is -1.81. The summed E-state index contributed by atoms with van der Waals surface area (Å²) < 4.78 is 12.8. The number of rotatable bonds is 4. The lowest BCUT2D eigenvalue weighted by Crippen LogP contribution is -1.98. The Balaban J connectivity index is 2.44. The van der Waals surface area contributed by atoms with Gasteiger partial charge >= 0.3 is 0 Å². The summed E-state index contributed by atoms with van der Waals surface area (Å²) in [5.41, 5.74) is 1.57. The van der Waals surface area contributed by atoms with Crippen LogP contribution < -0.4 is 0 Å². The van der Waals surface area contributed by atoms with Gasteiger partial charge in [0, 0.05) is 9.79 Å². The molecule has 0 aromatic heterocycles. The van der Waals surface area contributed by atoms with E-state index in [2.05, 4.69) is 0 Å². The van der Waals surface area contributed by atoms with E-state index in [9.17, 15) is 14.4 Å². The van der Waals surface area contributed by atoms with Crippen LogP contribution in [-0.4, -0.2) is 14.4 Å². The topological polar surface area (TPSA) is 57.5 Å². The molecule has 0 unspecified atom stereocenters. The van der Waals surface area contributed by atoms with Crippen molar-refractivity contribution in [2.75, 3.05) is 0 Å². The van der Waals surface area contributed by atoms with Crippen LogP contribution in [0.1, 0.15) is 50.7 Å². The van der Waals surface area contributed by atoms with Gasteiger partial charge in [-0.1, -0.05) is 27.7 Å². The first-order valence-electron chi connectivity index (χ1n) is 7.38. The molecule has 0 amide bonds. The SMILES string of the molecule is CC(C)c1cc(S(=O)c2ccc(O)c(C(C)C)c2)ccc1O. The van der Waals surface area contributed by atoms with E-state index in [0.29, 0.717) is 9.79 Å². The van der Waals surface area contributed by atoms with E-state index in [1.54, 1.807) is 36.4 Å². The highest BCUT2D eigenvalue weighted by atomic mass is 32.2. The molecule has 0 saturated heterocycles. The molecule has 4 heteroatoms. The van der Waals surface area contributed by atoms with Crippen LogP contribution in [0.5, 0.6) is 11.5 Å². The molecule has 0 bridgehead atoms. The maximum atomic E-state index is 12.8. The summed E-state index contributed by atoms with van der Waals surface area (Å²) in [6, 6.07) is 10.1. The van der Waals surface area contributed by atoms with Crippen LogP contribution in [0.25, 0.3) is 0 Å². The molecule has 118 valence electrons. The van der Waals surface area contributed by atoms with E-state index < -0.39 is 10.8 Å². The molecule has 3 nitrogen and oxygen atoms in total. The van der Waals surface area contributed by atoms with Gasteiger partial charge in [-0.15, -0.1) is 0 Å². The molecule has 2 rings (SSSR count). The van der Waals surface area contributed by atoms with Gasteiger partial charge in [-0.3, -0.25) is 0 Å². The summed E-state index contributed by atoms with van der Waals surface area (Å²) in [5, 5.41) is 19.8. The predicted molar refractivity (Wildman–Crippen MR) is 89.1 cm³/mol. The first-order valence-corrected chi connectivity index (χ1v) is 8.53. The molecule has 0 atom stereocenters. The highest BCUT2D eigenvalue weighted by Gasteiger charge is 2.15. The van der Waals surface area contributed by atoms with E-state index in [4.69, 9.17) is 0 Å². The fourth-order valence-electron chi connectivity index (χ4n) is 2.36. The maximum Gasteiger partial charge on any atom is 0.119 e. The first kappa shape index (κ1) is 16.6. The first-order chi connectivity index (χ1) is 10.3. The smallest absolute Gasteiger partial charge is 0.119 e. The minimum Gasteiger partial charge on any atom is -0.508 e. The average Bonchev–Trinajstić information content (AvgIpc) is 2.47. The van der Waals surface area contributed by atoms with Gasteiger partial charge in [0.1, 0.15) is 11.5 Å². The monoisotopic (exact) mass is 318 g/mol. The highest BCUT2D eigenvalue weighted by Crippen LogP contribution is 2.31. The minimum absolute atomic E-state index is 0.156. The zero-order chi connectivity index (χ0) is 16.4. The Morgan fingerprint density at radius 3 is 1.45 bits per heavy atom. The normalized spacial score (nSPS) is 11.6. The fraction of sp³-hybridized carbons (Fsp3) is 0.333. The number of phenols is 2. The largest absolute Gasteiger partial charge is 0.508 e. The van der Waals surface area contributed by atoms with Crippen molar-refractivity contribution in [2.45, 2.75) is 49.3 Å². The van der Waals surface area contributed by atoms with Crippen LogP contribution in [0, 0.1) is 0 Å². The fourth-order valence-corrected chi connectivity index (χ4v) is 3.48. The van der Waals surface area contributed by atoms with Crippen molar-refractivity contribution in [3.05, 3.63) is 47.5 Å². The number of phenolic OH excluding ortho intramolecular Hbond substituents is 2. The molecular weight excluding hydrogens is 296 g/mol. The molecule has 0 aliphatic carbocycles. The van der Waals surface area contributed by atoms with Crippen molar-refractivity contribution in [3.63, 3.8) is 0 Å². The lowest BCUT2D eigenvalue weighted by molar-refractivity contribution is 0.464. The van der Waals surface area contributed by atoms with E-state index in [-0.39, 0.29) is 23.3 Å². The van der Waals surface area contributed by atoms with Crippen molar-refractivity contribution < 1.29 is 14.4 Å². The van der Waals surface area contributed by atoms with Gasteiger partial charge in [0.15, 0.2) is 0 Å². The molecule has 0 heterocycles. The summed E-state index contributed by atoms with van der Waals surface area (Å²) in [7, 11) is -1.34. The number of hydrogen-bond donors (Lipinski definition) is 2. The van der Waals surface area contributed by atoms with Gasteiger partial charge in [-0.05, 0) is 59.4 Å². The van der Waals surface area contributed by atoms with Crippen LogP contribution in [-0.2, 0) is 10.8 Å². The van der Waals surface area contributed by atoms with Gasteiger partial charge < -0.3 is 10.2 Å². The zero-order valence-electron chi connectivity index (χ0n) is 13.3. The van der Waals surface area contributed by atoms with Crippen molar-refractivity contribution in [3.8, 4) is 11.5 Å². The summed E-state index contributed by atoms with van der Waals surface area (Å²) in [6.07, 6.45) is 0. The molecule has 2 N–H and O–H groups in total. The molecule has 2 aromatic carbocycles. The van der Waals surface area contributed by atoms with Crippen molar-refractivity contribution in [1.29, 1.82) is 0 Å². The second-order valence-electron chi connectivity index (χ2n) is 6.02. The van der Waals surface area contributed by atoms with Crippen molar-refractivity contribution >= 4 is 10.8 Å². The summed E-state index contributed by atoms with van der Waals surface area (Å²) in [5.74, 6) is 0.764. The third-order valence-electron chi connectivity index (χ3n) is 3.67.